The molecule has 0 radical (unpaired) electrons. The Balaban J connectivity index is 1.85. The zero-order valence-electron chi connectivity index (χ0n) is 12.1. The van der Waals surface area contributed by atoms with Crippen LogP contribution in [-0.2, 0) is 20.0 Å². The summed E-state index contributed by atoms with van der Waals surface area (Å²) >= 11 is 4.18. The minimum Gasteiger partial charge on any atom is -0.357 e. The molecule has 0 spiro atoms. The summed E-state index contributed by atoms with van der Waals surface area (Å²) < 4.78 is 3.06. The van der Waals surface area contributed by atoms with Gasteiger partial charge in [-0.25, -0.2) is 9.98 Å². The van der Waals surface area contributed by atoms with Crippen molar-refractivity contribution in [2.24, 2.45) is 12.0 Å². The largest absolute Gasteiger partial charge is 0.357 e. The van der Waals surface area contributed by atoms with Gasteiger partial charge in [0, 0.05) is 25.0 Å². The van der Waals surface area contributed by atoms with Crippen molar-refractivity contribution < 1.29 is 0 Å². The fourth-order valence-electron chi connectivity index (χ4n) is 1.75. The predicted molar refractivity (Wildman–Crippen MR) is 94.6 cm³/mol. The maximum atomic E-state index is 4.53. The van der Waals surface area contributed by atoms with Gasteiger partial charge in [0.1, 0.15) is 18.7 Å². The first-order valence-electron chi connectivity index (χ1n) is 6.78. The maximum absolute atomic E-state index is 4.53. The van der Waals surface area contributed by atoms with Crippen molar-refractivity contribution in [1.82, 2.24) is 25.4 Å². The Labute approximate surface area is 142 Å². The molecule has 2 rings (SSSR count). The first-order chi connectivity index (χ1) is 10.2. The van der Waals surface area contributed by atoms with Crippen molar-refractivity contribution >= 4 is 39.9 Å². The SMILES string of the molecule is CCNC(=NCc1ncnn1C)NCCc1ccc(I)s1. The number of halogens is 1. The molecule has 0 aliphatic heterocycles. The van der Waals surface area contributed by atoms with Gasteiger partial charge in [-0.3, -0.25) is 4.68 Å². The summed E-state index contributed by atoms with van der Waals surface area (Å²) in [6.07, 6.45) is 2.55. The molecule has 6 nitrogen and oxygen atoms in total. The molecule has 2 N–H and O–H groups in total. The molecular formula is C13H19IN6S. The molecule has 114 valence electrons. The lowest BCUT2D eigenvalue weighted by Gasteiger charge is -2.10. The number of aryl methyl sites for hydroxylation is 1. The molecule has 0 aromatic carbocycles. The van der Waals surface area contributed by atoms with E-state index in [4.69, 9.17) is 0 Å². The summed E-state index contributed by atoms with van der Waals surface area (Å²) in [5.74, 6) is 1.66. The van der Waals surface area contributed by atoms with Gasteiger partial charge in [-0.05, 0) is 48.1 Å². The minimum absolute atomic E-state index is 0.517. The van der Waals surface area contributed by atoms with Crippen LogP contribution in [-0.4, -0.2) is 33.8 Å². The van der Waals surface area contributed by atoms with E-state index in [2.05, 4.69) is 67.4 Å². The monoisotopic (exact) mass is 418 g/mol. The zero-order valence-corrected chi connectivity index (χ0v) is 15.1. The van der Waals surface area contributed by atoms with Crippen LogP contribution in [0.5, 0.6) is 0 Å². The smallest absolute Gasteiger partial charge is 0.191 e. The summed E-state index contributed by atoms with van der Waals surface area (Å²) in [6.45, 7) is 4.27. The number of hydrogen-bond donors (Lipinski definition) is 2. The molecule has 2 heterocycles. The van der Waals surface area contributed by atoms with Gasteiger partial charge in [0.15, 0.2) is 5.96 Å². The third-order valence-electron chi connectivity index (χ3n) is 2.82. The number of aliphatic imine (C=N–C) groups is 1. The van der Waals surface area contributed by atoms with E-state index in [0.29, 0.717) is 6.54 Å². The topological polar surface area (TPSA) is 67.1 Å². The van der Waals surface area contributed by atoms with Gasteiger partial charge in [0.25, 0.3) is 0 Å². The van der Waals surface area contributed by atoms with Crippen LogP contribution in [0.2, 0.25) is 0 Å². The van der Waals surface area contributed by atoms with Crippen LogP contribution in [0.1, 0.15) is 17.6 Å². The van der Waals surface area contributed by atoms with E-state index in [0.717, 1.165) is 31.3 Å². The van der Waals surface area contributed by atoms with Gasteiger partial charge in [0.05, 0.1) is 2.88 Å². The second kappa shape index (κ2) is 8.32. The van der Waals surface area contributed by atoms with E-state index in [1.807, 2.05) is 18.4 Å². The van der Waals surface area contributed by atoms with Crippen molar-refractivity contribution in [3.8, 4) is 0 Å². The van der Waals surface area contributed by atoms with Gasteiger partial charge in [0.2, 0.25) is 0 Å². The molecule has 2 aromatic rings. The number of hydrogen-bond acceptors (Lipinski definition) is 4. The highest BCUT2D eigenvalue weighted by molar-refractivity contribution is 14.1. The van der Waals surface area contributed by atoms with Crippen LogP contribution in [0.15, 0.2) is 23.5 Å². The van der Waals surface area contributed by atoms with Crippen molar-refractivity contribution in [2.45, 2.75) is 19.9 Å². The van der Waals surface area contributed by atoms with E-state index in [1.165, 1.54) is 7.76 Å². The highest BCUT2D eigenvalue weighted by Gasteiger charge is 2.02. The van der Waals surface area contributed by atoms with Gasteiger partial charge >= 0.3 is 0 Å². The number of nitrogens with zero attached hydrogens (tertiary/aromatic N) is 4. The second-order valence-electron chi connectivity index (χ2n) is 4.38. The molecule has 0 saturated carbocycles. The fraction of sp³-hybridized carbons (Fsp3) is 0.462. The lowest BCUT2D eigenvalue weighted by molar-refractivity contribution is 0.697. The summed E-state index contributed by atoms with van der Waals surface area (Å²) in [5.41, 5.74) is 0. The summed E-state index contributed by atoms with van der Waals surface area (Å²) in [5, 5.41) is 10.6. The Kier molecular flexibility index (Phi) is 6.43. The Hall–Kier alpha value is -1.16. The van der Waals surface area contributed by atoms with Crippen LogP contribution in [0.3, 0.4) is 0 Å². The molecule has 0 fully saturated rings. The van der Waals surface area contributed by atoms with Crippen molar-refractivity contribution in [3.05, 3.63) is 32.0 Å². The lowest BCUT2D eigenvalue weighted by atomic mass is 10.3. The van der Waals surface area contributed by atoms with Crippen LogP contribution >= 0.6 is 33.9 Å². The van der Waals surface area contributed by atoms with Crippen molar-refractivity contribution in [3.63, 3.8) is 0 Å². The van der Waals surface area contributed by atoms with Gasteiger partial charge in [-0.15, -0.1) is 11.3 Å². The average Bonchev–Trinajstić information content (AvgIpc) is 3.05. The molecule has 0 amide bonds. The summed E-state index contributed by atoms with van der Waals surface area (Å²) in [4.78, 5) is 10.1. The predicted octanol–water partition coefficient (Wildman–Crippen LogP) is 1.78. The van der Waals surface area contributed by atoms with E-state index in [1.54, 1.807) is 11.0 Å². The average molecular weight is 418 g/mol. The van der Waals surface area contributed by atoms with Crippen molar-refractivity contribution in [2.75, 3.05) is 13.1 Å². The molecule has 8 heteroatoms. The number of rotatable bonds is 6. The number of aromatic nitrogens is 3. The zero-order chi connectivity index (χ0) is 15.1. The second-order valence-corrected chi connectivity index (χ2v) is 7.44. The van der Waals surface area contributed by atoms with Crippen LogP contribution in [0, 0.1) is 2.88 Å². The Morgan fingerprint density at radius 3 is 2.90 bits per heavy atom. The molecular weight excluding hydrogens is 399 g/mol. The van der Waals surface area contributed by atoms with Gasteiger partial charge in [-0.1, -0.05) is 0 Å². The molecule has 0 bridgehead atoms. The quantitative estimate of drug-likeness (QED) is 0.427. The third-order valence-corrected chi connectivity index (χ3v) is 4.77. The van der Waals surface area contributed by atoms with Gasteiger partial charge in [-0.2, -0.15) is 5.10 Å². The fourth-order valence-corrected chi connectivity index (χ4v) is 3.50. The van der Waals surface area contributed by atoms with Gasteiger partial charge < -0.3 is 10.6 Å². The third kappa shape index (κ3) is 5.27. The highest BCUT2D eigenvalue weighted by atomic mass is 127. The van der Waals surface area contributed by atoms with Crippen molar-refractivity contribution in [1.29, 1.82) is 0 Å². The first kappa shape index (κ1) is 16.2. The number of nitrogens with one attached hydrogen (secondary N) is 2. The molecule has 0 aliphatic carbocycles. The normalized spacial score (nSPS) is 11.7. The Morgan fingerprint density at radius 1 is 1.43 bits per heavy atom. The summed E-state index contributed by atoms with van der Waals surface area (Å²) in [6, 6.07) is 4.33. The minimum atomic E-state index is 0.517. The standard InChI is InChI=1S/C13H19IN6S/c1-3-15-13(17-8-12-18-9-19-20(12)2)16-7-6-10-4-5-11(14)21-10/h4-5,9H,3,6-8H2,1-2H3,(H2,15,16,17). The maximum Gasteiger partial charge on any atom is 0.191 e. The molecule has 2 aromatic heterocycles. The van der Waals surface area contributed by atoms with Crippen LogP contribution in [0.25, 0.3) is 0 Å². The molecule has 21 heavy (non-hydrogen) atoms. The molecule has 0 aliphatic rings. The molecule has 0 atom stereocenters. The van der Waals surface area contributed by atoms with Crippen LogP contribution < -0.4 is 10.6 Å². The number of thiophene rings is 1. The summed E-state index contributed by atoms with van der Waals surface area (Å²) in [7, 11) is 1.87. The van der Waals surface area contributed by atoms with E-state index in [-0.39, 0.29) is 0 Å². The van der Waals surface area contributed by atoms with Crippen LogP contribution in [0.4, 0.5) is 0 Å². The Morgan fingerprint density at radius 2 is 2.29 bits per heavy atom. The molecule has 0 unspecified atom stereocenters. The van der Waals surface area contributed by atoms with E-state index >= 15 is 0 Å². The highest BCUT2D eigenvalue weighted by Crippen LogP contribution is 2.18. The van der Waals surface area contributed by atoms with E-state index < -0.39 is 0 Å². The lowest BCUT2D eigenvalue weighted by Crippen LogP contribution is -2.38. The van der Waals surface area contributed by atoms with E-state index in [9.17, 15) is 0 Å². The first-order valence-corrected chi connectivity index (χ1v) is 8.68. The molecule has 0 saturated heterocycles. The Bertz CT molecular complexity index is 591. The number of guanidine groups is 1.